The second-order valence-corrected chi connectivity index (χ2v) is 8.40. The van der Waals surface area contributed by atoms with Gasteiger partial charge < -0.3 is 16.2 Å². The summed E-state index contributed by atoms with van der Waals surface area (Å²) in [6.45, 7) is 1.96. The molecule has 3 amide bonds. The maximum atomic E-state index is 11.7. The molecule has 0 aliphatic rings. The zero-order valence-electron chi connectivity index (χ0n) is 16.9. The molecule has 31 heavy (non-hydrogen) atoms. The lowest BCUT2D eigenvalue weighted by molar-refractivity contribution is 0.100. The molecule has 1 heterocycles. The van der Waals surface area contributed by atoms with Crippen LogP contribution in [0.25, 0.3) is 10.4 Å². The molecule has 0 saturated carbocycles. The summed E-state index contributed by atoms with van der Waals surface area (Å²) in [6.07, 6.45) is 0. The molecule has 0 unspecified atom stereocenters. The first-order chi connectivity index (χ1) is 14.8. The number of anilines is 1. The first kappa shape index (κ1) is 22.6. The molecular weight excluding hydrogens is 436 g/mol. The number of nitrogens with zero attached hydrogens (tertiary/aromatic N) is 1. The summed E-state index contributed by atoms with van der Waals surface area (Å²) < 4.78 is 6.03. The van der Waals surface area contributed by atoms with Crippen LogP contribution in [0.2, 0.25) is 5.02 Å². The normalized spacial score (nSPS) is 10.8. The van der Waals surface area contributed by atoms with E-state index < -0.39 is 11.9 Å². The Morgan fingerprint density at radius 1 is 1.13 bits per heavy atom. The molecular formula is C22H23ClN4O3S. The van der Waals surface area contributed by atoms with Crippen molar-refractivity contribution in [3.05, 3.63) is 70.7 Å². The third-order valence-corrected chi connectivity index (χ3v) is 5.82. The Morgan fingerprint density at radius 3 is 2.52 bits per heavy atom. The number of likely N-dealkylation sites (N-methyl/N-ethyl adjacent to an activating group) is 1. The first-order valence-electron chi connectivity index (χ1n) is 9.48. The lowest BCUT2D eigenvalue weighted by Crippen LogP contribution is -2.23. The highest BCUT2D eigenvalue weighted by Gasteiger charge is 2.18. The Balaban J connectivity index is 1.68. The Hall–Kier alpha value is -3.07. The van der Waals surface area contributed by atoms with Gasteiger partial charge in [-0.25, -0.2) is 4.79 Å². The third-order valence-electron chi connectivity index (χ3n) is 4.48. The van der Waals surface area contributed by atoms with E-state index in [1.165, 1.54) is 16.9 Å². The van der Waals surface area contributed by atoms with Crippen molar-refractivity contribution < 1.29 is 14.3 Å². The van der Waals surface area contributed by atoms with Gasteiger partial charge in [0, 0.05) is 28.6 Å². The average Bonchev–Trinajstić information content (AvgIpc) is 3.13. The van der Waals surface area contributed by atoms with Crippen molar-refractivity contribution in [3.8, 4) is 16.2 Å². The van der Waals surface area contributed by atoms with Crippen molar-refractivity contribution in [2.75, 3.05) is 25.5 Å². The van der Waals surface area contributed by atoms with Gasteiger partial charge in [-0.2, -0.15) is 0 Å². The van der Waals surface area contributed by atoms with Crippen LogP contribution < -0.4 is 21.5 Å². The van der Waals surface area contributed by atoms with Gasteiger partial charge in [0.15, 0.2) is 0 Å². The maximum absolute atomic E-state index is 11.7. The summed E-state index contributed by atoms with van der Waals surface area (Å²) in [4.78, 5) is 25.9. The molecule has 0 radical (unpaired) electrons. The number of para-hydroxylation sites is 1. The van der Waals surface area contributed by atoms with E-state index in [4.69, 9.17) is 27.8 Å². The number of hydrogen-bond acceptors (Lipinski definition) is 5. The number of nitrogens with one attached hydrogen (secondary N) is 1. The predicted octanol–water partition coefficient (Wildman–Crippen LogP) is 4.17. The van der Waals surface area contributed by atoms with E-state index >= 15 is 0 Å². The van der Waals surface area contributed by atoms with Crippen molar-refractivity contribution in [3.63, 3.8) is 0 Å². The van der Waals surface area contributed by atoms with Crippen molar-refractivity contribution >= 4 is 39.9 Å². The van der Waals surface area contributed by atoms with E-state index in [0.29, 0.717) is 28.9 Å². The summed E-state index contributed by atoms with van der Waals surface area (Å²) in [6, 6.07) is 16.1. The molecule has 0 saturated heterocycles. The fraction of sp³-hybridized carbons (Fsp3) is 0.182. The van der Waals surface area contributed by atoms with Crippen LogP contribution in [0.1, 0.15) is 15.9 Å². The average molecular weight is 459 g/mol. The number of benzene rings is 2. The highest BCUT2D eigenvalue weighted by atomic mass is 35.5. The minimum Gasteiger partial charge on any atom is -0.492 e. The zero-order chi connectivity index (χ0) is 22.4. The zero-order valence-corrected chi connectivity index (χ0v) is 18.5. The summed E-state index contributed by atoms with van der Waals surface area (Å²) >= 11 is 7.15. The molecule has 5 N–H and O–H groups in total. The number of nitrogens with two attached hydrogens (primary N) is 2. The van der Waals surface area contributed by atoms with Gasteiger partial charge in [0.1, 0.15) is 17.4 Å². The van der Waals surface area contributed by atoms with Crippen molar-refractivity contribution in [2.45, 2.75) is 6.54 Å². The number of rotatable bonds is 9. The van der Waals surface area contributed by atoms with Crippen LogP contribution in [-0.4, -0.2) is 37.0 Å². The van der Waals surface area contributed by atoms with Gasteiger partial charge in [0.05, 0.1) is 5.56 Å². The van der Waals surface area contributed by atoms with Crippen LogP contribution in [0, 0.1) is 0 Å². The minimum atomic E-state index is -0.760. The second-order valence-electron chi connectivity index (χ2n) is 6.92. The number of hydrogen-bond donors (Lipinski definition) is 3. The Morgan fingerprint density at radius 2 is 1.84 bits per heavy atom. The van der Waals surface area contributed by atoms with Gasteiger partial charge in [-0.3, -0.25) is 15.0 Å². The van der Waals surface area contributed by atoms with Crippen LogP contribution in [0.3, 0.4) is 0 Å². The number of urea groups is 1. The lowest BCUT2D eigenvalue weighted by atomic mass is 10.1. The Bertz CT molecular complexity index is 1070. The number of thiophene rings is 1. The van der Waals surface area contributed by atoms with Crippen LogP contribution >= 0.6 is 22.9 Å². The van der Waals surface area contributed by atoms with Gasteiger partial charge in [0.25, 0.3) is 5.91 Å². The molecule has 0 fully saturated rings. The first-order valence-corrected chi connectivity index (χ1v) is 10.7. The number of carbonyl (C=O) groups excluding carboxylic acids is 2. The van der Waals surface area contributed by atoms with E-state index in [-0.39, 0.29) is 5.56 Å². The Kier molecular flexibility index (Phi) is 7.51. The number of carbonyl (C=O) groups is 2. The van der Waals surface area contributed by atoms with Gasteiger partial charge >= 0.3 is 6.03 Å². The second kappa shape index (κ2) is 10.3. The van der Waals surface area contributed by atoms with Gasteiger partial charge in [-0.05, 0) is 42.9 Å². The molecule has 0 atom stereocenters. The van der Waals surface area contributed by atoms with Gasteiger partial charge in [-0.1, -0.05) is 35.9 Å². The van der Waals surface area contributed by atoms with Crippen LogP contribution in [-0.2, 0) is 6.54 Å². The standard InChI is InChI=1S/C22H23ClN4O3S/c1-27(13-14-6-8-15(23)9-7-14)10-11-30-18-5-3-2-4-16(18)19-12-17(20(24)28)21(31-19)26-22(25)29/h2-9,12H,10-11,13H2,1H3,(H2,24,28)(H3,25,26,29). The third kappa shape index (κ3) is 6.21. The number of primary amides is 2. The molecule has 2 aromatic carbocycles. The lowest BCUT2D eigenvalue weighted by Gasteiger charge is -2.18. The fourth-order valence-electron chi connectivity index (χ4n) is 3.00. The monoisotopic (exact) mass is 458 g/mol. The van der Waals surface area contributed by atoms with Crippen LogP contribution in [0.15, 0.2) is 54.6 Å². The molecule has 0 aliphatic heterocycles. The maximum Gasteiger partial charge on any atom is 0.317 e. The van der Waals surface area contributed by atoms with E-state index in [2.05, 4.69) is 10.2 Å². The molecule has 0 bridgehead atoms. The summed E-state index contributed by atoms with van der Waals surface area (Å²) in [5, 5.41) is 3.48. The van der Waals surface area contributed by atoms with E-state index in [1.54, 1.807) is 6.07 Å². The molecule has 162 valence electrons. The molecule has 3 rings (SSSR count). The molecule has 0 aliphatic carbocycles. The van der Waals surface area contributed by atoms with Gasteiger partial charge in [0.2, 0.25) is 0 Å². The Labute approximate surface area is 189 Å². The molecule has 0 spiro atoms. The minimum absolute atomic E-state index is 0.205. The van der Waals surface area contributed by atoms with Crippen molar-refractivity contribution in [1.82, 2.24) is 4.90 Å². The summed E-state index contributed by atoms with van der Waals surface area (Å²) in [7, 11) is 2.02. The highest BCUT2D eigenvalue weighted by molar-refractivity contribution is 7.20. The largest absolute Gasteiger partial charge is 0.492 e. The van der Waals surface area contributed by atoms with Crippen LogP contribution in [0.5, 0.6) is 5.75 Å². The highest BCUT2D eigenvalue weighted by Crippen LogP contribution is 2.39. The van der Waals surface area contributed by atoms with Crippen LogP contribution in [0.4, 0.5) is 9.80 Å². The predicted molar refractivity (Wildman–Crippen MR) is 125 cm³/mol. The summed E-state index contributed by atoms with van der Waals surface area (Å²) in [5.74, 6) is 0.0266. The number of amides is 3. The van der Waals surface area contributed by atoms with Crippen molar-refractivity contribution in [2.24, 2.45) is 11.5 Å². The molecule has 7 nitrogen and oxygen atoms in total. The molecule has 1 aromatic heterocycles. The molecule has 9 heteroatoms. The topological polar surface area (TPSA) is 111 Å². The van der Waals surface area contributed by atoms with Crippen molar-refractivity contribution in [1.29, 1.82) is 0 Å². The molecule has 3 aromatic rings. The SMILES string of the molecule is CN(CCOc1ccccc1-c1cc(C(N)=O)c(NC(N)=O)s1)Cc1ccc(Cl)cc1. The van der Waals surface area contributed by atoms with E-state index in [9.17, 15) is 9.59 Å². The smallest absolute Gasteiger partial charge is 0.317 e. The fourth-order valence-corrected chi connectivity index (χ4v) is 4.22. The van der Waals surface area contributed by atoms with E-state index in [0.717, 1.165) is 17.0 Å². The van der Waals surface area contributed by atoms with E-state index in [1.807, 2.05) is 55.6 Å². The number of ether oxygens (including phenoxy) is 1. The van der Waals surface area contributed by atoms with Gasteiger partial charge in [-0.15, -0.1) is 11.3 Å². The quantitative estimate of drug-likeness (QED) is 0.446. The summed E-state index contributed by atoms with van der Waals surface area (Å²) in [5.41, 5.74) is 12.8. The number of halogens is 1.